The number of nitrogens with zero attached hydrogens (tertiary/aromatic N) is 2. The van der Waals surface area contributed by atoms with E-state index in [1.54, 1.807) is 5.57 Å². The van der Waals surface area contributed by atoms with E-state index < -0.39 is 0 Å². The second-order valence-electron chi connectivity index (χ2n) is 7.67. The lowest BCUT2D eigenvalue weighted by Gasteiger charge is -2.30. The van der Waals surface area contributed by atoms with Gasteiger partial charge in [0.1, 0.15) is 12.2 Å². The zero-order valence-electron chi connectivity index (χ0n) is 17.3. The van der Waals surface area contributed by atoms with Crippen LogP contribution in [0.1, 0.15) is 70.4 Å². The number of benzene rings is 1. The molecule has 1 aliphatic heterocycles. The SMILES string of the molecule is CCC.CCc1cc2c(c3ncccc13)OCN(CCC1=CCCCC1)C2. The van der Waals surface area contributed by atoms with Crippen LogP contribution in [-0.2, 0) is 13.0 Å². The number of allylic oxidation sites excluding steroid dienone is 1. The third-order valence-electron chi connectivity index (χ3n) is 5.31. The maximum atomic E-state index is 6.13. The van der Waals surface area contributed by atoms with E-state index in [9.17, 15) is 0 Å². The van der Waals surface area contributed by atoms with Gasteiger partial charge < -0.3 is 4.74 Å². The molecule has 0 saturated carbocycles. The zero-order valence-corrected chi connectivity index (χ0v) is 17.3. The van der Waals surface area contributed by atoms with E-state index in [0.717, 1.165) is 30.8 Å². The quantitative estimate of drug-likeness (QED) is 0.597. The molecule has 2 aliphatic rings. The third kappa shape index (κ3) is 4.90. The van der Waals surface area contributed by atoms with E-state index >= 15 is 0 Å². The number of ether oxygens (including phenoxy) is 1. The first-order valence-corrected chi connectivity index (χ1v) is 10.7. The number of fused-ring (bicyclic) bond motifs is 3. The van der Waals surface area contributed by atoms with Gasteiger partial charge in [-0.05, 0) is 50.2 Å². The van der Waals surface area contributed by atoms with Crippen molar-refractivity contribution < 1.29 is 4.74 Å². The smallest absolute Gasteiger partial charge is 0.152 e. The van der Waals surface area contributed by atoms with Crippen molar-refractivity contribution in [1.29, 1.82) is 0 Å². The predicted octanol–water partition coefficient (Wildman–Crippen LogP) is 6.26. The zero-order chi connectivity index (χ0) is 19.1. The first-order valence-electron chi connectivity index (χ1n) is 10.7. The van der Waals surface area contributed by atoms with Crippen LogP contribution in [0.2, 0.25) is 0 Å². The molecule has 0 spiro atoms. The van der Waals surface area contributed by atoms with Gasteiger partial charge in [0.2, 0.25) is 0 Å². The van der Waals surface area contributed by atoms with Crippen LogP contribution in [0.25, 0.3) is 10.9 Å². The Morgan fingerprint density at radius 2 is 2.04 bits per heavy atom. The standard InChI is InChI=1S/C21H26N2O.C3H8/c1-2-17-13-18-14-23(12-10-16-7-4-3-5-8-16)15-24-21(18)20-19(17)9-6-11-22-20;1-3-2/h6-7,9,11,13H,2-5,8,10,12,14-15H2,1H3;3H2,1-2H3. The van der Waals surface area contributed by atoms with Crippen molar-refractivity contribution in [3.05, 3.63) is 47.2 Å². The van der Waals surface area contributed by atoms with Gasteiger partial charge >= 0.3 is 0 Å². The summed E-state index contributed by atoms with van der Waals surface area (Å²) < 4.78 is 6.13. The lowest BCUT2D eigenvalue weighted by molar-refractivity contribution is 0.0976. The third-order valence-corrected chi connectivity index (χ3v) is 5.31. The molecule has 1 aliphatic carbocycles. The van der Waals surface area contributed by atoms with Crippen LogP contribution in [0.4, 0.5) is 0 Å². The summed E-state index contributed by atoms with van der Waals surface area (Å²) in [5.41, 5.74) is 5.34. The van der Waals surface area contributed by atoms with Crippen LogP contribution < -0.4 is 4.74 Å². The van der Waals surface area contributed by atoms with Crippen LogP contribution in [0.3, 0.4) is 0 Å². The highest BCUT2D eigenvalue weighted by Crippen LogP contribution is 2.35. The van der Waals surface area contributed by atoms with Crippen LogP contribution in [0.5, 0.6) is 5.75 Å². The van der Waals surface area contributed by atoms with E-state index in [4.69, 9.17) is 4.74 Å². The summed E-state index contributed by atoms with van der Waals surface area (Å²) in [5, 5.41) is 1.24. The lowest BCUT2D eigenvalue weighted by atomic mass is 9.97. The molecule has 2 aromatic rings. The molecular weight excluding hydrogens is 332 g/mol. The van der Waals surface area contributed by atoms with Crippen molar-refractivity contribution in [1.82, 2.24) is 9.88 Å². The summed E-state index contributed by atoms with van der Waals surface area (Å²) in [6, 6.07) is 6.50. The largest absolute Gasteiger partial charge is 0.475 e. The minimum absolute atomic E-state index is 0.678. The molecule has 0 bridgehead atoms. The van der Waals surface area contributed by atoms with Gasteiger partial charge in [-0.25, -0.2) is 0 Å². The van der Waals surface area contributed by atoms with Crippen LogP contribution >= 0.6 is 0 Å². The highest BCUT2D eigenvalue weighted by atomic mass is 16.5. The fraction of sp³-hybridized carbons (Fsp3) is 0.542. The molecule has 146 valence electrons. The van der Waals surface area contributed by atoms with Gasteiger partial charge in [-0.2, -0.15) is 0 Å². The number of pyridine rings is 1. The summed E-state index contributed by atoms with van der Waals surface area (Å²) >= 11 is 0. The molecule has 0 atom stereocenters. The molecule has 1 aromatic carbocycles. The van der Waals surface area contributed by atoms with E-state index in [1.165, 1.54) is 55.0 Å². The molecule has 3 heteroatoms. The summed E-state index contributed by atoms with van der Waals surface area (Å²) in [6.07, 6.45) is 13.1. The minimum atomic E-state index is 0.678. The molecule has 3 nitrogen and oxygen atoms in total. The van der Waals surface area contributed by atoms with Crippen molar-refractivity contribution >= 4 is 10.9 Å². The summed E-state index contributed by atoms with van der Waals surface area (Å²) in [6.45, 7) is 9.21. The van der Waals surface area contributed by atoms with Gasteiger partial charge in [-0.1, -0.05) is 51.0 Å². The average molecular weight is 367 g/mol. The second-order valence-corrected chi connectivity index (χ2v) is 7.67. The number of rotatable bonds is 4. The van der Waals surface area contributed by atoms with Gasteiger partial charge in [0.15, 0.2) is 5.75 Å². The monoisotopic (exact) mass is 366 g/mol. The highest BCUT2D eigenvalue weighted by molar-refractivity contribution is 5.89. The molecule has 0 unspecified atom stereocenters. The maximum absolute atomic E-state index is 6.13. The average Bonchev–Trinajstić information content (AvgIpc) is 2.72. The fourth-order valence-electron chi connectivity index (χ4n) is 3.94. The Morgan fingerprint density at radius 1 is 1.19 bits per heavy atom. The summed E-state index contributed by atoms with van der Waals surface area (Å²) in [5.74, 6) is 0.996. The molecule has 1 aromatic heterocycles. The molecule has 2 heterocycles. The van der Waals surface area contributed by atoms with E-state index in [1.807, 2.05) is 12.3 Å². The molecule has 0 saturated heterocycles. The normalized spacial score (nSPS) is 16.8. The summed E-state index contributed by atoms with van der Waals surface area (Å²) in [4.78, 5) is 7.02. The first-order chi connectivity index (χ1) is 13.3. The van der Waals surface area contributed by atoms with Gasteiger partial charge in [0.25, 0.3) is 0 Å². The van der Waals surface area contributed by atoms with Crippen molar-refractivity contribution in [3.8, 4) is 5.75 Å². The molecule has 0 fully saturated rings. The molecule has 0 amide bonds. The van der Waals surface area contributed by atoms with Crippen molar-refractivity contribution in [2.24, 2.45) is 0 Å². The lowest BCUT2D eigenvalue weighted by Crippen LogP contribution is -2.33. The molecular formula is C24H34N2O. The van der Waals surface area contributed by atoms with Crippen LogP contribution in [0.15, 0.2) is 36.0 Å². The van der Waals surface area contributed by atoms with Crippen LogP contribution in [0, 0.1) is 0 Å². The van der Waals surface area contributed by atoms with Crippen molar-refractivity contribution in [3.63, 3.8) is 0 Å². The Balaban J connectivity index is 0.000000659. The van der Waals surface area contributed by atoms with E-state index in [0.29, 0.717) is 6.73 Å². The van der Waals surface area contributed by atoms with Crippen LogP contribution in [-0.4, -0.2) is 23.2 Å². The van der Waals surface area contributed by atoms with Gasteiger partial charge in [-0.15, -0.1) is 0 Å². The minimum Gasteiger partial charge on any atom is -0.475 e. The Morgan fingerprint density at radius 3 is 2.78 bits per heavy atom. The summed E-state index contributed by atoms with van der Waals surface area (Å²) in [7, 11) is 0. The van der Waals surface area contributed by atoms with E-state index in [2.05, 4.69) is 48.9 Å². The van der Waals surface area contributed by atoms with Crippen molar-refractivity contribution in [2.45, 2.75) is 72.3 Å². The number of aryl methyl sites for hydroxylation is 1. The van der Waals surface area contributed by atoms with Crippen molar-refractivity contribution in [2.75, 3.05) is 13.3 Å². The number of hydrogen-bond donors (Lipinski definition) is 0. The molecule has 0 radical (unpaired) electrons. The molecule has 4 rings (SSSR count). The highest BCUT2D eigenvalue weighted by Gasteiger charge is 2.21. The molecule has 0 N–H and O–H groups in total. The fourth-order valence-corrected chi connectivity index (χ4v) is 3.94. The Labute approximate surface area is 164 Å². The Bertz CT molecular complexity index is 781. The Kier molecular flexibility index (Phi) is 7.28. The van der Waals surface area contributed by atoms with Gasteiger partial charge in [0, 0.05) is 30.2 Å². The Hall–Kier alpha value is -1.87. The maximum Gasteiger partial charge on any atom is 0.152 e. The van der Waals surface area contributed by atoms with Gasteiger partial charge in [0.05, 0.1) is 0 Å². The number of hydrogen-bond acceptors (Lipinski definition) is 3. The van der Waals surface area contributed by atoms with Gasteiger partial charge in [-0.3, -0.25) is 9.88 Å². The van der Waals surface area contributed by atoms with E-state index in [-0.39, 0.29) is 0 Å². The first kappa shape index (κ1) is 19.9. The second kappa shape index (κ2) is 9.89. The predicted molar refractivity (Wildman–Crippen MR) is 114 cm³/mol. The topological polar surface area (TPSA) is 25.4 Å². The molecule has 27 heavy (non-hydrogen) atoms. The number of aromatic nitrogens is 1.